The first-order chi connectivity index (χ1) is 16.0. The van der Waals surface area contributed by atoms with E-state index in [1.807, 2.05) is 25.1 Å². The number of carbonyl (C=O) groups excluding carboxylic acids is 1. The molecule has 1 unspecified atom stereocenters. The molecule has 0 amide bonds. The smallest absolute Gasteiger partial charge is 0.230 e. The molecule has 0 saturated carbocycles. The van der Waals surface area contributed by atoms with Crippen molar-refractivity contribution in [3.63, 3.8) is 0 Å². The van der Waals surface area contributed by atoms with E-state index in [0.29, 0.717) is 41.6 Å². The highest BCUT2D eigenvalue weighted by atomic mass is 16.5. The normalized spacial score (nSPS) is 16.9. The van der Waals surface area contributed by atoms with Crippen molar-refractivity contribution in [1.82, 2.24) is 9.97 Å². The highest BCUT2D eigenvalue weighted by Gasteiger charge is 2.32. The van der Waals surface area contributed by atoms with Crippen LogP contribution in [-0.4, -0.2) is 43.6 Å². The zero-order valence-corrected chi connectivity index (χ0v) is 19.3. The number of anilines is 2. The lowest BCUT2D eigenvalue weighted by Crippen LogP contribution is -2.25. The lowest BCUT2D eigenvalue weighted by Gasteiger charge is -2.27. The maximum atomic E-state index is 13.2. The minimum Gasteiger partial charge on any atom is -0.493 e. The molecule has 33 heavy (non-hydrogen) atoms. The largest absolute Gasteiger partial charge is 0.493 e. The number of aromatic nitrogens is 2. The third kappa shape index (κ3) is 3.57. The highest BCUT2D eigenvalue weighted by Crippen LogP contribution is 2.43. The van der Waals surface area contributed by atoms with Crippen LogP contribution >= 0.6 is 0 Å². The number of ether oxygens (including phenoxy) is 3. The zero-order valence-electron chi connectivity index (χ0n) is 19.3. The molecule has 0 bridgehead atoms. The molecule has 1 atom stereocenters. The van der Waals surface area contributed by atoms with Gasteiger partial charge in [-0.05, 0) is 55.0 Å². The van der Waals surface area contributed by atoms with Gasteiger partial charge in [0.05, 0.1) is 38.3 Å². The molecule has 3 aromatic rings. The molecule has 7 nitrogen and oxygen atoms in total. The number of Topliss-reactive ketones (excluding diaryl/α,β-unsaturated/α-hetero) is 1. The number of nitrogens with zero attached hydrogens (tertiary/aromatic N) is 3. The SMILES string of the molecule is COc1cc(C2CC(=O)c3c(C)nc(N4CCc5ccccc54)nc3C2)cc(OC)c1OC. The number of aryl methyl sites for hydroxylation is 1. The quantitative estimate of drug-likeness (QED) is 0.576. The van der Waals surface area contributed by atoms with Gasteiger partial charge in [0.15, 0.2) is 17.3 Å². The van der Waals surface area contributed by atoms with E-state index >= 15 is 0 Å². The molecule has 0 saturated heterocycles. The molecule has 0 radical (unpaired) electrons. The average Bonchev–Trinajstić information content (AvgIpc) is 3.26. The van der Waals surface area contributed by atoms with Crippen LogP contribution in [-0.2, 0) is 12.8 Å². The van der Waals surface area contributed by atoms with Crippen molar-refractivity contribution in [2.45, 2.75) is 32.1 Å². The molecule has 0 fully saturated rings. The molecule has 2 heterocycles. The van der Waals surface area contributed by atoms with Gasteiger partial charge in [-0.2, -0.15) is 0 Å². The summed E-state index contributed by atoms with van der Waals surface area (Å²) in [4.78, 5) is 25.0. The number of carbonyl (C=O) groups is 1. The van der Waals surface area contributed by atoms with Gasteiger partial charge < -0.3 is 19.1 Å². The average molecular weight is 446 g/mol. The van der Waals surface area contributed by atoms with Crippen molar-refractivity contribution in [3.8, 4) is 17.2 Å². The van der Waals surface area contributed by atoms with Crippen molar-refractivity contribution in [2.75, 3.05) is 32.8 Å². The summed E-state index contributed by atoms with van der Waals surface area (Å²) in [5.74, 6) is 2.40. The minimum atomic E-state index is -0.0354. The van der Waals surface area contributed by atoms with Crippen LogP contribution < -0.4 is 19.1 Å². The van der Waals surface area contributed by atoms with Crippen molar-refractivity contribution >= 4 is 17.4 Å². The molecule has 2 aliphatic rings. The lowest BCUT2D eigenvalue weighted by atomic mass is 9.81. The van der Waals surface area contributed by atoms with E-state index in [0.717, 1.165) is 35.6 Å². The summed E-state index contributed by atoms with van der Waals surface area (Å²) in [6, 6.07) is 12.2. The number of rotatable bonds is 5. The number of methoxy groups -OCH3 is 3. The first-order valence-electron chi connectivity index (χ1n) is 11.1. The second kappa shape index (κ2) is 8.39. The third-order valence-electron chi connectivity index (χ3n) is 6.59. The van der Waals surface area contributed by atoms with Crippen LogP contribution in [0.5, 0.6) is 17.2 Å². The van der Waals surface area contributed by atoms with Gasteiger partial charge in [0, 0.05) is 18.7 Å². The van der Waals surface area contributed by atoms with Crippen LogP contribution in [0.15, 0.2) is 36.4 Å². The summed E-state index contributed by atoms with van der Waals surface area (Å²) in [6.07, 6.45) is 2.00. The van der Waals surface area contributed by atoms with E-state index < -0.39 is 0 Å². The van der Waals surface area contributed by atoms with Crippen LogP contribution in [0.25, 0.3) is 0 Å². The van der Waals surface area contributed by atoms with Gasteiger partial charge in [-0.3, -0.25) is 4.79 Å². The third-order valence-corrected chi connectivity index (χ3v) is 6.59. The molecule has 170 valence electrons. The fraction of sp³-hybridized carbons (Fsp3) is 0.346. The fourth-order valence-corrected chi connectivity index (χ4v) is 5.00. The molecule has 2 aromatic carbocycles. The van der Waals surface area contributed by atoms with Crippen LogP contribution in [0.3, 0.4) is 0 Å². The molecule has 5 rings (SSSR count). The molecule has 7 heteroatoms. The van der Waals surface area contributed by atoms with Crippen LogP contribution in [0.2, 0.25) is 0 Å². The Bertz CT molecular complexity index is 1220. The summed E-state index contributed by atoms with van der Waals surface area (Å²) >= 11 is 0. The fourth-order valence-electron chi connectivity index (χ4n) is 5.00. The van der Waals surface area contributed by atoms with Crippen molar-refractivity contribution in [2.24, 2.45) is 0 Å². The number of hydrogen-bond donors (Lipinski definition) is 0. The van der Waals surface area contributed by atoms with E-state index in [-0.39, 0.29) is 11.7 Å². The van der Waals surface area contributed by atoms with Gasteiger partial charge in [-0.1, -0.05) is 18.2 Å². The van der Waals surface area contributed by atoms with E-state index in [4.69, 9.17) is 24.2 Å². The van der Waals surface area contributed by atoms with Crippen LogP contribution in [0.4, 0.5) is 11.6 Å². The first kappa shape index (κ1) is 21.2. The number of benzene rings is 2. The van der Waals surface area contributed by atoms with Gasteiger partial charge in [0.1, 0.15) is 0 Å². The Morgan fingerprint density at radius 3 is 2.39 bits per heavy atom. The number of fused-ring (bicyclic) bond motifs is 2. The van der Waals surface area contributed by atoms with Crippen molar-refractivity contribution < 1.29 is 19.0 Å². The van der Waals surface area contributed by atoms with Gasteiger partial charge in [0.25, 0.3) is 0 Å². The van der Waals surface area contributed by atoms with E-state index in [2.05, 4.69) is 23.1 Å². The summed E-state index contributed by atoms with van der Waals surface area (Å²) < 4.78 is 16.5. The Balaban J connectivity index is 1.53. The monoisotopic (exact) mass is 445 g/mol. The molecule has 1 aliphatic heterocycles. The maximum absolute atomic E-state index is 13.2. The maximum Gasteiger partial charge on any atom is 0.230 e. The van der Waals surface area contributed by atoms with Crippen LogP contribution in [0, 0.1) is 6.92 Å². The summed E-state index contributed by atoms with van der Waals surface area (Å²) in [5.41, 5.74) is 5.61. The predicted octanol–water partition coefficient (Wildman–Crippen LogP) is 4.42. The molecule has 0 N–H and O–H groups in total. The Kier molecular flexibility index (Phi) is 5.40. The molecular weight excluding hydrogens is 418 g/mol. The summed E-state index contributed by atoms with van der Waals surface area (Å²) in [6.45, 7) is 2.74. The van der Waals surface area contributed by atoms with E-state index in [1.165, 1.54) is 5.56 Å². The number of para-hydroxylation sites is 1. The molecule has 1 aromatic heterocycles. The summed E-state index contributed by atoms with van der Waals surface area (Å²) in [7, 11) is 4.77. The Hall–Kier alpha value is -3.61. The van der Waals surface area contributed by atoms with E-state index in [1.54, 1.807) is 21.3 Å². The number of hydrogen-bond acceptors (Lipinski definition) is 7. The van der Waals surface area contributed by atoms with Gasteiger partial charge in [-0.15, -0.1) is 0 Å². The zero-order chi connectivity index (χ0) is 23.1. The van der Waals surface area contributed by atoms with E-state index in [9.17, 15) is 4.79 Å². The Morgan fingerprint density at radius 2 is 1.70 bits per heavy atom. The molecule has 1 aliphatic carbocycles. The topological polar surface area (TPSA) is 73.8 Å². The Morgan fingerprint density at radius 1 is 0.970 bits per heavy atom. The van der Waals surface area contributed by atoms with Gasteiger partial charge >= 0.3 is 0 Å². The van der Waals surface area contributed by atoms with Crippen molar-refractivity contribution in [3.05, 3.63) is 64.5 Å². The van der Waals surface area contributed by atoms with Gasteiger partial charge in [-0.25, -0.2) is 9.97 Å². The molecule has 0 spiro atoms. The first-order valence-corrected chi connectivity index (χ1v) is 11.1. The lowest BCUT2D eigenvalue weighted by molar-refractivity contribution is 0.0962. The predicted molar refractivity (Wildman–Crippen MR) is 125 cm³/mol. The number of ketones is 1. The van der Waals surface area contributed by atoms with Gasteiger partial charge in [0.2, 0.25) is 11.7 Å². The minimum absolute atomic E-state index is 0.0354. The second-order valence-electron chi connectivity index (χ2n) is 8.45. The molecular formula is C26H27N3O4. The highest BCUT2D eigenvalue weighted by molar-refractivity contribution is 6.00. The second-order valence-corrected chi connectivity index (χ2v) is 8.45. The van der Waals surface area contributed by atoms with Crippen LogP contribution in [0.1, 0.15) is 45.2 Å². The Labute approximate surface area is 193 Å². The standard InChI is InChI=1S/C26H27N3O4/c1-15-24-19(28-26(27-15)29-10-9-16-7-5-6-8-20(16)29)11-17(12-21(24)30)18-13-22(31-2)25(33-4)23(14-18)32-3/h5-8,13-14,17H,9-12H2,1-4H3. The summed E-state index contributed by atoms with van der Waals surface area (Å²) in [5, 5.41) is 0. The van der Waals surface area contributed by atoms with Crippen molar-refractivity contribution in [1.29, 1.82) is 0 Å².